The molecule has 4 heteroatoms. The lowest BCUT2D eigenvalue weighted by Crippen LogP contribution is -2.04. The summed E-state index contributed by atoms with van der Waals surface area (Å²) < 4.78 is 0. The lowest BCUT2D eigenvalue weighted by molar-refractivity contribution is -0.117. The molecule has 2 heterocycles. The minimum absolute atomic E-state index is 0.00764. The average molecular weight is 311 g/mol. The summed E-state index contributed by atoms with van der Waals surface area (Å²) in [5, 5.41) is 1.13. The van der Waals surface area contributed by atoms with Gasteiger partial charge in [-0.1, -0.05) is 18.2 Å². The van der Waals surface area contributed by atoms with Crippen LogP contribution in [0.25, 0.3) is 10.9 Å². The molecule has 1 N–H and O–H groups in total. The number of aromatic amines is 1. The van der Waals surface area contributed by atoms with Gasteiger partial charge in [0, 0.05) is 34.3 Å². The van der Waals surface area contributed by atoms with Crippen LogP contribution < -0.4 is 0 Å². The molecule has 0 amide bonds. The zero-order valence-corrected chi connectivity index (χ0v) is 13.4. The summed E-state index contributed by atoms with van der Waals surface area (Å²) >= 11 is 1.48. The van der Waals surface area contributed by atoms with Crippen molar-refractivity contribution >= 4 is 33.8 Å². The molecule has 0 saturated heterocycles. The van der Waals surface area contributed by atoms with Crippen molar-refractivity contribution in [2.75, 3.05) is 0 Å². The van der Waals surface area contributed by atoms with Gasteiger partial charge in [0.15, 0.2) is 5.78 Å². The van der Waals surface area contributed by atoms with E-state index < -0.39 is 0 Å². The molecule has 3 aromatic rings. The van der Waals surface area contributed by atoms with Crippen LogP contribution in [0, 0.1) is 0 Å². The fourth-order valence-electron chi connectivity index (χ4n) is 2.76. The average Bonchev–Trinajstić information content (AvgIpc) is 3.12. The largest absolute Gasteiger partial charge is 0.361 e. The second-order valence-corrected chi connectivity index (χ2v) is 6.62. The Morgan fingerprint density at radius 3 is 2.59 bits per heavy atom. The van der Waals surface area contributed by atoms with Crippen LogP contribution in [0.3, 0.4) is 0 Å². The van der Waals surface area contributed by atoms with Gasteiger partial charge in [0.1, 0.15) is 5.78 Å². The second kappa shape index (κ2) is 5.89. The minimum atomic E-state index is -0.00764. The van der Waals surface area contributed by atoms with Gasteiger partial charge in [-0.25, -0.2) is 0 Å². The van der Waals surface area contributed by atoms with Gasteiger partial charge < -0.3 is 4.98 Å². The Morgan fingerprint density at radius 2 is 1.91 bits per heavy atom. The van der Waals surface area contributed by atoms with Crippen LogP contribution in [0.4, 0.5) is 0 Å². The molecule has 2 aromatic heterocycles. The van der Waals surface area contributed by atoms with Crippen molar-refractivity contribution in [1.29, 1.82) is 0 Å². The Kier molecular flexibility index (Phi) is 3.94. The smallest absolute Gasteiger partial charge is 0.169 e. The van der Waals surface area contributed by atoms with Crippen molar-refractivity contribution in [3.63, 3.8) is 0 Å². The monoisotopic (exact) mass is 311 g/mol. The summed E-state index contributed by atoms with van der Waals surface area (Å²) in [7, 11) is 0. The summed E-state index contributed by atoms with van der Waals surface area (Å²) in [5.41, 5.74) is 2.18. The number of aromatic nitrogens is 1. The molecule has 0 aliphatic rings. The molecule has 0 saturated carbocycles. The van der Waals surface area contributed by atoms with Crippen molar-refractivity contribution in [2.24, 2.45) is 0 Å². The predicted molar refractivity (Wildman–Crippen MR) is 89.8 cm³/mol. The zero-order chi connectivity index (χ0) is 15.7. The molecule has 112 valence electrons. The van der Waals surface area contributed by atoms with E-state index in [4.69, 9.17) is 0 Å². The summed E-state index contributed by atoms with van der Waals surface area (Å²) in [6, 6.07) is 11.9. The molecule has 0 unspecified atom stereocenters. The fourth-order valence-corrected chi connectivity index (χ4v) is 3.79. The van der Waals surface area contributed by atoms with Crippen LogP contribution in [-0.4, -0.2) is 16.6 Å². The highest BCUT2D eigenvalue weighted by molar-refractivity contribution is 7.14. The number of fused-ring (bicyclic) bond motifs is 1. The lowest BCUT2D eigenvalue weighted by Gasteiger charge is -2.13. The van der Waals surface area contributed by atoms with E-state index in [1.165, 1.54) is 11.3 Å². The SMILES string of the molecule is CC(=O)C[C@@H](c1ccc(C(C)=O)s1)c1c[nH]c2ccccc12. The van der Waals surface area contributed by atoms with E-state index in [0.717, 1.165) is 26.2 Å². The van der Waals surface area contributed by atoms with Gasteiger partial charge in [-0.15, -0.1) is 11.3 Å². The first-order valence-corrected chi connectivity index (χ1v) is 8.04. The summed E-state index contributed by atoms with van der Waals surface area (Å²) in [5.74, 6) is 0.205. The van der Waals surface area contributed by atoms with E-state index in [9.17, 15) is 9.59 Å². The molecule has 1 aromatic carbocycles. The molecule has 1 atom stereocenters. The van der Waals surface area contributed by atoms with Gasteiger partial charge in [0.05, 0.1) is 4.88 Å². The molecule has 0 radical (unpaired) electrons. The van der Waals surface area contributed by atoms with Crippen LogP contribution in [0.2, 0.25) is 0 Å². The first kappa shape index (κ1) is 14.7. The number of Topliss-reactive ketones (excluding diaryl/α,β-unsaturated/α-hetero) is 2. The zero-order valence-electron chi connectivity index (χ0n) is 12.6. The lowest BCUT2D eigenvalue weighted by atomic mass is 9.92. The summed E-state index contributed by atoms with van der Waals surface area (Å²) in [6.45, 7) is 3.18. The van der Waals surface area contributed by atoms with E-state index in [1.54, 1.807) is 13.8 Å². The molecular formula is C18H17NO2S. The second-order valence-electron chi connectivity index (χ2n) is 5.51. The maximum atomic E-state index is 11.7. The summed E-state index contributed by atoms with van der Waals surface area (Å²) in [6.07, 6.45) is 2.42. The Labute approximate surface area is 133 Å². The number of hydrogen-bond donors (Lipinski definition) is 1. The molecule has 0 aliphatic carbocycles. The van der Waals surface area contributed by atoms with Crippen molar-refractivity contribution in [2.45, 2.75) is 26.2 Å². The Morgan fingerprint density at radius 1 is 1.14 bits per heavy atom. The molecule has 3 nitrogen and oxygen atoms in total. The van der Waals surface area contributed by atoms with E-state index >= 15 is 0 Å². The number of H-pyrrole nitrogens is 1. The molecule has 0 fully saturated rings. The third kappa shape index (κ3) is 2.74. The van der Waals surface area contributed by atoms with Crippen molar-refractivity contribution in [3.05, 3.63) is 57.9 Å². The van der Waals surface area contributed by atoms with E-state index in [0.29, 0.717) is 6.42 Å². The van der Waals surface area contributed by atoms with Crippen molar-refractivity contribution in [3.8, 4) is 0 Å². The highest BCUT2D eigenvalue weighted by Gasteiger charge is 2.22. The molecule has 0 aliphatic heterocycles. The van der Waals surface area contributed by atoms with E-state index in [1.807, 2.05) is 36.5 Å². The first-order chi connectivity index (χ1) is 10.6. The van der Waals surface area contributed by atoms with Crippen molar-refractivity contribution in [1.82, 2.24) is 4.98 Å². The number of carbonyl (C=O) groups is 2. The van der Waals surface area contributed by atoms with Crippen LogP contribution in [-0.2, 0) is 4.79 Å². The predicted octanol–water partition coefficient (Wildman–Crippen LogP) is 4.54. The Balaban J connectivity index is 2.09. The number of nitrogens with one attached hydrogen (secondary N) is 1. The number of benzene rings is 1. The number of ketones is 2. The number of rotatable bonds is 5. The van der Waals surface area contributed by atoms with Crippen LogP contribution in [0.1, 0.15) is 46.3 Å². The highest BCUT2D eigenvalue weighted by Crippen LogP contribution is 2.37. The van der Waals surface area contributed by atoms with Gasteiger partial charge in [0.25, 0.3) is 0 Å². The Hall–Kier alpha value is -2.20. The third-order valence-corrected chi connectivity index (χ3v) is 5.11. The Bertz CT molecular complexity index is 844. The van der Waals surface area contributed by atoms with Gasteiger partial charge in [-0.2, -0.15) is 0 Å². The number of para-hydroxylation sites is 1. The van der Waals surface area contributed by atoms with Crippen molar-refractivity contribution < 1.29 is 9.59 Å². The van der Waals surface area contributed by atoms with Gasteiger partial charge in [-0.05, 0) is 37.6 Å². The number of carbonyl (C=O) groups excluding carboxylic acids is 2. The normalized spacial score (nSPS) is 12.5. The van der Waals surface area contributed by atoms with E-state index in [-0.39, 0.29) is 17.5 Å². The molecule has 3 rings (SSSR count). The van der Waals surface area contributed by atoms with E-state index in [2.05, 4.69) is 11.1 Å². The fraction of sp³-hybridized carbons (Fsp3) is 0.222. The van der Waals surface area contributed by atoms with Gasteiger partial charge in [0.2, 0.25) is 0 Å². The highest BCUT2D eigenvalue weighted by atomic mass is 32.1. The topological polar surface area (TPSA) is 49.9 Å². The molecule has 0 spiro atoms. The number of thiophene rings is 1. The van der Waals surface area contributed by atoms with Crippen LogP contribution in [0.5, 0.6) is 0 Å². The van der Waals surface area contributed by atoms with Gasteiger partial charge in [-0.3, -0.25) is 9.59 Å². The quantitative estimate of drug-likeness (QED) is 0.703. The first-order valence-electron chi connectivity index (χ1n) is 7.22. The molecule has 0 bridgehead atoms. The third-order valence-electron chi connectivity index (χ3n) is 3.81. The standard InChI is InChI=1S/C18H17NO2S/c1-11(20)9-14(18-8-7-17(22-18)12(2)21)15-10-19-16-6-4-3-5-13(15)16/h3-8,10,14,19H,9H2,1-2H3/t14-/m1/s1. The summed E-state index contributed by atoms with van der Waals surface area (Å²) in [4.78, 5) is 28.3. The minimum Gasteiger partial charge on any atom is -0.361 e. The maximum Gasteiger partial charge on any atom is 0.169 e. The maximum absolute atomic E-state index is 11.7. The molecular weight excluding hydrogens is 294 g/mol. The van der Waals surface area contributed by atoms with Crippen LogP contribution >= 0.6 is 11.3 Å². The van der Waals surface area contributed by atoms with Gasteiger partial charge >= 0.3 is 0 Å². The molecule has 22 heavy (non-hydrogen) atoms. The number of hydrogen-bond acceptors (Lipinski definition) is 3. The van der Waals surface area contributed by atoms with Crippen LogP contribution in [0.15, 0.2) is 42.6 Å².